The highest BCUT2D eigenvalue weighted by atomic mass is 32.2. The van der Waals surface area contributed by atoms with Gasteiger partial charge in [0.25, 0.3) is 5.91 Å². The summed E-state index contributed by atoms with van der Waals surface area (Å²) in [5.41, 5.74) is 4.32. The van der Waals surface area contributed by atoms with Gasteiger partial charge in [-0.25, -0.2) is 13.1 Å². The number of carbonyl (C=O) groups is 1. The second kappa shape index (κ2) is 11.5. The minimum Gasteiger partial charge on any atom is -0.367 e. The van der Waals surface area contributed by atoms with Gasteiger partial charge in [-0.1, -0.05) is 12.5 Å². The predicted octanol–water partition coefficient (Wildman–Crippen LogP) is 2.51. The van der Waals surface area contributed by atoms with Gasteiger partial charge in [-0.15, -0.1) is 0 Å². The fourth-order valence-corrected chi connectivity index (χ4v) is 4.46. The third-order valence-electron chi connectivity index (χ3n) is 5.25. The summed E-state index contributed by atoms with van der Waals surface area (Å²) in [7, 11) is -3.70. The van der Waals surface area contributed by atoms with Crippen molar-refractivity contribution in [3.05, 3.63) is 59.7 Å². The zero-order valence-corrected chi connectivity index (χ0v) is 19.5. The number of nitrogens with two attached hydrogens (primary N) is 1. The predicted molar refractivity (Wildman–Crippen MR) is 123 cm³/mol. The zero-order chi connectivity index (χ0) is 25.5. The van der Waals surface area contributed by atoms with E-state index in [-0.39, 0.29) is 16.2 Å². The first-order chi connectivity index (χ1) is 16.5. The van der Waals surface area contributed by atoms with E-state index in [4.69, 9.17) is 10.6 Å². The molecule has 0 aliphatic carbocycles. The number of guanidine groups is 1. The Morgan fingerprint density at radius 3 is 2.43 bits per heavy atom. The van der Waals surface area contributed by atoms with Gasteiger partial charge in [0.1, 0.15) is 0 Å². The maximum absolute atomic E-state index is 12.8. The molecule has 3 rings (SSSR count). The molecule has 2 aromatic carbocycles. The van der Waals surface area contributed by atoms with Crippen LogP contribution < -0.4 is 20.6 Å². The number of oxime groups is 1. The Bertz CT molecular complexity index is 1150. The van der Waals surface area contributed by atoms with Gasteiger partial charge in [0.15, 0.2) is 5.75 Å². The topological polar surface area (TPSA) is 126 Å². The number of hydrogen-bond donors (Lipinski definition) is 3. The molecule has 1 aliphatic rings. The van der Waals surface area contributed by atoms with Crippen molar-refractivity contribution in [2.45, 2.75) is 30.3 Å². The smallest absolute Gasteiger partial charge is 0.367 e. The summed E-state index contributed by atoms with van der Waals surface area (Å²) >= 11 is 0. The average Bonchev–Trinajstić information content (AvgIpc) is 2.83. The van der Waals surface area contributed by atoms with Crippen molar-refractivity contribution in [2.24, 2.45) is 10.9 Å². The number of sulfonamides is 1. The molecular weight excluding hydrogens is 487 g/mol. The maximum Gasteiger partial charge on any atom is 0.416 e. The lowest BCUT2D eigenvalue weighted by molar-refractivity contribution is -0.137. The highest BCUT2D eigenvalue weighted by Gasteiger charge is 2.31. The molecule has 35 heavy (non-hydrogen) atoms. The third-order valence-corrected chi connectivity index (χ3v) is 6.72. The summed E-state index contributed by atoms with van der Waals surface area (Å²) in [6, 6.07) is 9.17. The van der Waals surface area contributed by atoms with Gasteiger partial charge in [0.2, 0.25) is 16.0 Å². The van der Waals surface area contributed by atoms with Gasteiger partial charge in [-0.05, 0) is 73.6 Å². The van der Waals surface area contributed by atoms with Gasteiger partial charge in [-0.3, -0.25) is 10.1 Å². The minimum absolute atomic E-state index is 0.0401. The Hall–Kier alpha value is -3.16. The monoisotopic (exact) mass is 513 g/mol. The third kappa shape index (κ3) is 7.94. The fraction of sp³-hybridized carbons (Fsp3) is 0.364. The zero-order valence-electron chi connectivity index (χ0n) is 18.7. The van der Waals surface area contributed by atoms with Crippen LogP contribution >= 0.6 is 0 Å². The van der Waals surface area contributed by atoms with Gasteiger partial charge in [0.05, 0.1) is 10.5 Å². The Morgan fingerprint density at radius 1 is 1.09 bits per heavy atom. The largest absolute Gasteiger partial charge is 0.416 e. The summed E-state index contributed by atoms with van der Waals surface area (Å²) in [6.07, 6.45) is -1.15. The first kappa shape index (κ1) is 26.4. The molecule has 0 atom stereocenters. The van der Waals surface area contributed by atoms with E-state index in [1.54, 1.807) is 0 Å². The average molecular weight is 514 g/mol. The van der Waals surface area contributed by atoms with Crippen LogP contribution in [0.3, 0.4) is 0 Å². The molecule has 1 saturated heterocycles. The number of piperidine rings is 1. The number of benzene rings is 2. The SMILES string of the molecule is NC(=NOc1ccc(S(=O)(=O)NCCN2CCCCC2)cc1)NC(=O)c1cccc(C(F)(F)F)c1. The number of rotatable bonds is 8. The Kier molecular flexibility index (Phi) is 8.70. The van der Waals surface area contributed by atoms with Crippen molar-refractivity contribution in [3.8, 4) is 5.75 Å². The molecule has 190 valence electrons. The lowest BCUT2D eigenvalue weighted by atomic mass is 10.1. The van der Waals surface area contributed by atoms with Crippen LogP contribution in [0.15, 0.2) is 58.6 Å². The quantitative estimate of drug-likeness (QED) is 0.283. The molecule has 13 heteroatoms. The van der Waals surface area contributed by atoms with Crippen molar-refractivity contribution in [2.75, 3.05) is 26.2 Å². The van der Waals surface area contributed by atoms with E-state index in [1.807, 2.05) is 0 Å². The second-order valence-corrected chi connectivity index (χ2v) is 9.64. The first-order valence-corrected chi connectivity index (χ1v) is 12.3. The maximum atomic E-state index is 12.8. The molecular formula is C22H26F3N5O4S. The molecule has 0 spiro atoms. The van der Waals surface area contributed by atoms with Crippen LogP contribution in [0, 0.1) is 0 Å². The minimum atomic E-state index is -4.60. The molecule has 1 heterocycles. The molecule has 1 fully saturated rings. The van der Waals surface area contributed by atoms with Crippen molar-refractivity contribution >= 4 is 21.9 Å². The molecule has 2 aromatic rings. The summed E-state index contributed by atoms with van der Waals surface area (Å²) in [4.78, 5) is 19.4. The van der Waals surface area contributed by atoms with E-state index in [0.29, 0.717) is 19.2 Å². The summed E-state index contributed by atoms with van der Waals surface area (Å²) in [6.45, 7) is 2.88. The Labute approximate surface area is 201 Å². The van der Waals surface area contributed by atoms with Crippen LogP contribution in [-0.2, 0) is 16.2 Å². The molecule has 0 saturated carbocycles. The first-order valence-electron chi connectivity index (χ1n) is 10.9. The summed E-state index contributed by atoms with van der Waals surface area (Å²) in [5, 5.41) is 5.61. The highest BCUT2D eigenvalue weighted by molar-refractivity contribution is 7.89. The Balaban J connectivity index is 1.52. The van der Waals surface area contributed by atoms with Crippen LogP contribution in [0.1, 0.15) is 35.2 Å². The van der Waals surface area contributed by atoms with Gasteiger partial charge >= 0.3 is 6.18 Å². The van der Waals surface area contributed by atoms with Crippen molar-refractivity contribution in [1.29, 1.82) is 0 Å². The van der Waals surface area contributed by atoms with Crippen LogP contribution in [0.5, 0.6) is 5.75 Å². The van der Waals surface area contributed by atoms with E-state index in [2.05, 4.69) is 20.1 Å². The van der Waals surface area contributed by atoms with Crippen LogP contribution in [0.25, 0.3) is 0 Å². The van der Waals surface area contributed by atoms with Gasteiger partial charge in [0, 0.05) is 18.7 Å². The van der Waals surface area contributed by atoms with E-state index in [0.717, 1.165) is 38.1 Å². The molecule has 1 amide bonds. The lowest BCUT2D eigenvalue weighted by Gasteiger charge is -2.26. The number of nitrogens with zero attached hydrogens (tertiary/aromatic N) is 2. The number of likely N-dealkylation sites (tertiary alicyclic amines) is 1. The van der Waals surface area contributed by atoms with Crippen LogP contribution in [0.2, 0.25) is 0 Å². The van der Waals surface area contributed by atoms with Crippen LogP contribution in [-0.4, -0.2) is 51.4 Å². The van der Waals surface area contributed by atoms with E-state index in [9.17, 15) is 26.4 Å². The molecule has 0 bridgehead atoms. The van der Waals surface area contributed by atoms with E-state index in [1.165, 1.54) is 36.8 Å². The number of halogens is 3. The van der Waals surface area contributed by atoms with Crippen molar-refractivity contribution in [1.82, 2.24) is 14.9 Å². The Morgan fingerprint density at radius 2 is 1.77 bits per heavy atom. The number of carbonyl (C=O) groups excluding carboxylic acids is 1. The second-order valence-electron chi connectivity index (χ2n) is 7.87. The molecule has 0 unspecified atom stereocenters. The lowest BCUT2D eigenvalue weighted by Crippen LogP contribution is -2.37. The molecule has 9 nitrogen and oxygen atoms in total. The normalized spacial score (nSPS) is 15.6. The van der Waals surface area contributed by atoms with Gasteiger partial charge in [-0.2, -0.15) is 13.2 Å². The molecule has 1 aliphatic heterocycles. The number of alkyl halides is 3. The summed E-state index contributed by atoms with van der Waals surface area (Å²) < 4.78 is 65.9. The number of hydrogen-bond acceptors (Lipinski definition) is 6. The molecule has 4 N–H and O–H groups in total. The number of amides is 1. The molecule has 0 radical (unpaired) electrons. The molecule has 0 aromatic heterocycles. The van der Waals surface area contributed by atoms with E-state index >= 15 is 0 Å². The van der Waals surface area contributed by atoms with Gasteiger partial charge < -0.3 is 15.5 Å². The summed E-state index contributed by atoms with van der Waals surface area (Å²) in [5.74, 6) is -1.27. The number of nitrogens with one attached hydrogen (secondary N) is 2. The highest BCUT2D eigenvalue weighted by Crippen LogP contribution is 2.29. The standard InChI is InChI=1S/C22H26F3N5O4S/c23-22(24,25)17-6-4-5-16(15-17)20(31)28-21(26)29-34-18-7-9-19(10-8-18)35(32,33)27-11-14-30-12-2-1-3-13-30/h4-10,15,27H,1-3,11-14H2,(H3,26,28,29,31). The van der Waals surface area contributed by atoms with Crippen molar-refractivity contribution < 1.29 is 31.2 Å². The fourth-order valence-electron chi connectivity index (χ4n) is 3.43. The van der Waals surface area contributed by atoms with E-state index < -0.39 is 33.6 Å². The van der Waals surface area contributed by atoms with Crippen molar-refractivity contribution in [3.63, 3.8) is 0 Å². The van der Waals surface area contributed by atoms with Crippen LogP contribution in [0.4, 0.5) is 13.2 Å².